The number of nitrogens with one attached hydrogen (secondary N) is 1. The van der Waals surface area contributed by atoms with Crippen molar-refractivity contribution in [2.24, 2.45) is 0 Å². The molecule has 0 aliphatic carbocycles. The van der Waals surface area contributed by atoms with Crippen LogP contribution in [0.5, 0.6) is 0 Å². The molecule has 1 aromatic rings. The van der Waals surface area contributed by atoms with Crippen LogP contribution in [0, 0.1) is 0 Å². The zero-order valence-corrected chi connectivity index (χ0v) is 13.2. The summed E-state index contributed by atoms with van der Waals surface area (Å²) >= 11 is 0. The van der Waals surface area contributed by atoms with Crippen molar-refractivity contribution in [2.75, 3.05) is 6.54 Å². The van der Waals surface area contributed by atoms with E-state index in [-0.39, 0.29) is 23.0 Å². The van der Waals surface area contributed by atoms with Crippen molar-refractivity contribution in [3.8, 4) is 0 Å². The lowest BCUT2D eigenvalue weighted by Gasteiger charge is -2.17. The Morgan fingerprint density at radius 1 is 1.27 bits per heavy atom. The van der Waals surface area contributed by atoms with Crippen LogP contribution in [-0.4, -0.2) is 35.1 Å². The van der Waals surface area contributed by atoms with E-state index in [1.54, 1.807) is 12.1 Å². The Labute approximate surface area is 129 Å². The zero-order valence-electron chi connectivity index (χ0n) is 13.2. The SMILES string of the molecule is CC(=O)OC(C)(C)C.O=C(O)c1ccc2c(c1)CCNC2=O. The Balaban J connectivity index is 0.000000261. The summed E-state index contributed by atoms with van der Waals surface area (Å²) in [7, 11) is 0. The van der Waals surface area contributed by atoms with Crippen molar-refractivity contribution >= 4 is 17.8 Å². The van der Waals surface area contributed by atoms with Crippen molar-refractivity contribution < 1.29 is 24.2 Å². The molecule has 0 unspecified atom stereocenters. The third-order valence-corrected chi connectivity index (χ3v) is 2.73. The van der Waals surface area contributed by atoms with Crippen LogP contribution in [0.3, 0.4) is 0 Å². The third kappa shape index (κ3) is 5.55. The largest absolute Gasteiger partial charge is 0.478 e. The number of carboxylic acids is 1. The maximum atomic E-state index is 11.3. The maximum Gasteiger partial charge on any atom is 0.335 e. The molecule has 2 rings (SSSR count). The highest BCUT2D eigenvalue weighted by molar-refractivity contribution is 5.98. The van der Waals surface area contributed by atoms with Gasteiger partial charge in [-0.15, -0.1) is 0 Å². The number of hydrogen-bond donors (Lipinski definition) is 2. The summed E-state index contributed by atoms with van der Waals surface area (Å²) in [4.78, 5) is 32.2. The molecule has 0 radical (unpaired) electrons. The van der Waals surface area contributed by atoms with Gasteiger partial charge in [-0.05, 0) is 51.0 Å². The van der Waals surface area contributed by atoms with Gasteiger partial charge in [-0.25, -0.2) is 4.79 Å². The van der Waals surface area contributed by atoms with E-state index >= 15 is 0 Å². The van der Waals surface area contributed by atoms with Crippen LogP contribution in [0.2, 0.25) is 0 Å². The van der Waals surface area contributed by atoms with Gasteiger partial charge in [-0.3, -0.25) is 9.59 Å². The van der Waals surface area contributed by atoms with E-state index in [0.29, 0.717) is 18.5 Å². The van der Waals surface area contributed by atoms with Crippen molar-refractivity contribution in [2.45, 2.75) is 39.7 Å². The Hall–Kier alpha value is -2.37. The van der Waals surface area contributed by atoms with E-state index in [4.69, 9.17) is 9.84 Å². The summed E-state index contributed by atoms with van der Waals surface area (Å²) in [6, 6.07) is 4.58. The summed E-state index contributed by atoms with van der Waals surface area (Å²) in [5.41, 5.74) is 1.31. The van der Waals surface area contributed by atoms with Gasteiger partial charge < -0.3 is 15.2 Å². The maximum absolute atomic E-state index is 11.3. The standard InChI is InChI=1S/C10H9NO3.C6H12O2/c12-9-8-2-1-7(10(13)14)5-6(8)3-4-11-9;1-5(7)8-6(2,3)4/h1-2,5H,3-4H2,(H,11,12)(H,13,14);1-4H3. The van der Waals surface area contributed by atoms with Crippen molar-refractivity contribution in [1.82, 2.24) is 5.32 Å². The molecule has 0 spiro atoms. The molecular weight excluding hydrogens is 286 g/mol. The van der Waals surface area contributed by atoms with E-state index in [0.717, 1.165) is 5.56 Å². The number of esters is 1. The summed E-state index contributed by atoms with van der Waals surface area (Å²) in [5.74, 6) is -1.31. The fraction of sp³-hybridized carbons (Fsp3) is 0.438. The minimum Gasteiger partial charge on any atom is -0.478 e. The van der Waals surface area contributed by atoms with Crippen LogP contribution >= 0.6 is 0 Å². The highest BCUT2D eigenvalue weighted by Crippen LogP contribution is 2.15. The van der Waals surface area contributed by atoms with Gasteiger partial charge in [-0.1, -0.05) is 0 Å². The molecule has 6 heteroatoms. The first-order chi connectivity index (χ1) is 10.1. The van der Waals surface area contributed by atoms with Gasteiger partial charge in [0, 0.05) is 19.0 Å². The molecule has 1 aromatic carbocycles. The highest BCUT2D eigenvalue weighted by Gasteiger charge is 2.17. The quantitative estimate of drug-likeness (QED) is 0.774. The molecule has 120 valence electrons. The number of fused-ring (bicyclic) bond motifs is 1. The number of carboxylic acid groups (broad SMARTS) is 1. The summed E-state index contributed by atoms with van der Waals surface area (Å²) in [5, 5.41) is 11.5. The van der Waals surface area contributed by atoms with Gasteiger partial charge in [0.25, 0.3) is 5.91 Å². The van der Waals surface area contributed by atoms with E-state index in [1.165, 1.54) is 13.0 Å². The number of aromatic carboxylic acids is 1. The lowest BCUT2D eigenvalue weighted by Crippen LogP contribution is -2.31. The molecule has 6 nitrogen and oxygen atoms in total. The number of hydrogen-bond acceptors (Lipinski definition) is 4. The first kappa shape index (κ1) is 17.7. The van der Waals surface area contributed by atoms with E-state index in [9.17, 15) is 14.4 Å². The van der Waals surface area contributed by atoms with Crippen LogP contribution in [0.1, 0.15) is 54.0 Å². The number of rotatable bonds is 1. The van der Waals surface area contributed by atoms with E-state index in [2.05, 4.69) is 5.32 Å². The third-order valence-electron chi connectivity index (χ3n) is 2.73. The predicted molar refractivity (Wildman–Crippen MR) is 81.0 cm³/mol. The normalized spacial score (nSPS) is 13.2. The summed E-state index contributed by atoms with van der Waals surface area (Å²) < 4.78 is 4.80. The number of carbonyl (C=O) groups is 3. The molecule has 22 heavy (non-hydrogen) atoms. The molecule has 0 saturated heterocycles. The molecule has 1 heterocycles. The average molecular weight is 307 g/mol. The second-order valence-corrected chi connectivity index (χ2v) is 5.89. The van der Waals surface area contributed by atoms with Gasteiger partial charge in [-0.2, -0.15) is 0 Å². The molecular formula is C16H21NO5. The molecule has 0 fully saturated rings. The van der Waals surface area contributed by atoms with Crippen molar-refractivity contribution in [3.05, 3.63) is 34.9 Å². The van der Waals surface area contributed by atoms with Crippen molar-refractivity contribution in [3.63, 3.8) is 0 Å². The van der Waals surface area contributed by atoms with Crippen LogP contribution in [-0.2, 0) is 16.0 Å². The Morgan fingerprint density at radius 2 is 1.91 bits per heavy atom. The molecule has 2 N–H and O–H groups in total. The molecule has 0 bridgehead atoms. The first-order valence-corrected chi connectivity index (χ1v) is 6.94. The molecule has 1 aliphatic heterocycles. The van der Waals surface area contributed by atoms with Gasteiger partial charge in [0.05, 0.1) is 5.56 Å². The minimum absolute atomic E-state index is 0.122. The lowest BCUT2D eigenvalue weighted by molar-refractivity contribution is -0.151. The fourth-order valence-electron chi connectivity index (χ4n) is 1.99. The zero-order chi connectivity index (χ0) is 16.9. The lowest BCUT2D eigenvalue weighted by atomic mass is 9.98. The van der Waals surface area contributed by atoms with Crippen LogP contribution in [0.4, 0.5) is 0 Å². The second kappa shape index (κ2) is 7.06. The minimum atomic E-state index is -0.959. The fourth-order valence-corrected chi connectivity index (χ4v) is 1.99. The van der Waals surface area contributed by atoms with Crippen LogP contribution in [0.25, 0.3) is 0 Å². The number of carbonyl (C=O) groups excluding carboxylic acids is 2. The molecule has 0 atom stereocenters. The van der Waals surface area contributed by atoms with E-state index in [1.807, 2.05) is 20.8 Å². The smallest absolute Gasteiger partial charge is 0.335 e. The Kier molecular flexibility index (Phi) is 5.68. The number of benzene rings is 1. The second-order valence-electron chi connectivity index (χ2n) is 5.89. The van der Waals surface area contributed by atoms with Gasteiger partial charge in [0.15, 0.2) is 0 Å². The first-order valence-electron chi connectivity index (χ1n) is 6.94. The number of amides is 1. The molecule has 0 aromatic heterocycles. The highest BCUT2D eigenvalue weighted by atomic mass is 16.6. The topological polar surface area (TPSA) is 92.7 Å². The molecule has 0 saturated carbocycles. The van der Waals surface area contributed by atoms with Crippen molar-refractivity contribution in [1.29, 1.82) is 0 Å². The Morgan fingerprint density at radius 3 is 2.36 bits per heavy atom. The van der Waals surface area contributed by atoms with E-state index < -0.39 is 5.97 Å². The van der Waals surface area contributed by atoms with Gasteiger partial charge >= 0.3 is 11.9 Å². The average Bonchev–Trinajstić information content (AvgIpc) is 2.36. The molecule has 1 amide bonds. The predicted octanol–water partition coefficient (Wildman–Crippen LogP) is 2.02. The summed E-state index contributed by atoms with van der Waals surface area (Å²) in [6.45, 7) is 7.51. The van der Waals surface area contributed by atoms with Gasteiger partial charge in [0.2, 0.25) is 0 Å². The Bertz CT molecular complexity index is 587. The van der Waals surface area contributed by atoms with Crippen LogP contribution < -0.4 is 5.32 Å². The monoisotopic (exact) mass is 307 g/mol. The van der Waals surface area contributed by atoms with Crippen LogP contribution in [0.15, 0.2) is 18.2 Å². The summed E-state index contributed by atoms with van der Waals surface area (Å²) in [6.07, 6.45) is 0.697. The van der Waals surface area contributed by atoms with Gasteiger partial charge in [0.1, 0.15) is 5.60 Å². The number of ether oxygens (including phenoxy) is 1. The molecule has 1 aliphatic rings.